The molecule has 0 aromatic carbocycles. The molecule has 3 fully saturated rings. The van der Waals surface area contributed by atoms with Gasteiger partial charge in [-0.3, -0.25) is 0 Å². The number of fused-ring (bicyclic) bond motifs is 1. The van der Waals surface area contributed by atoms with Crippen LogP contribution in [0.5, 0.6) is 0 Å². The second kappa shape index (κ2) is 6.60. The summed E-state index contributed by atoms with van der Waals surface area (Å²) in [5.41, 5.74) is 1.30. The van der Waals surface area contributed by atoms with Crippen LogP contribution in [-0.2, 0) is 4.74 Å². The Kier molecular flexibility index (Phi) is 5.58. The number of hydrogen-bond donors (Lipinski definition) is 0. The summed E-state index contributed by atoms with van der Waals surface area (Å²) < 4.78 is 5.80. The normalized spacial score (nSPS) is 49.2. The van der Waals surface area contributed by atoms with Gasteiger partial charge in [0, 0.05) is 5.92 Å². The van der Waals surface area contributed by atoms with Gasteiger partial charge in [-0.05, 0) is 66.6 Å². The minimum Gasteiger partial charge on any atom is -0.374 e. The van der Waals surface area contributed by atoms with E-state index < -0.39 is 0 Å². The van der Waals surface area contributed by atoms with Crippen LogP contribution in [0.3, 0.4) is 0 Å². The Labute approximate surface area is 152 Å². The molecule has 3 rings (SSSR count). The van der Waals surface area contributed by atoms with Crippen LogP contribution < -0.4 is 0 Å². The highest BCUT2D eigenvalue weighted by atomic mass is 16.5. The fourth-order valence-electron chi connectivity index (χ4n) is 5.52. The van der Waals surface area contributed by atoms with E-state index in [1.54, 1.807) is 0 Å². The lowest BCUT2D eigenvalue weighted by Crippen LogP contribution is -2.63. The zero-order valence-corrected chi connectivity index (χ0v) is 18.2. The average Bonchev–Trinajstić information content (AvgIpc) is 2.51. The third-order valence-corrected chi connectivity index (χ3v) is 9.23. The molecule has 7 atom stereocenters. The molecule has 1 aliphatic heterocycles. The molecule has 0 aromatic rings. The van der Waals surface area contributed by atoms with E-state index in [1.807, 2.05) is 0 Å². The molecule has 1 saturated heterocycles. The van der Waals surface area contributed by atoms with Gasteiger partial charge in [0.25, 0.3) is 0 Å². The Balaban J connectivity index is 0.000000177. The van der Waals surface area contributed by atoms with Crippen molar-refractivity contribution in [2.75, 3.05) is 6.61 Å². The summed E-state index contributed by atoms with van der Waals surface area (Å²) in [6.45, 7) is 24.9. The van der Waals surface area contributed by atoms with Crippen LogP contribution in [0.15, 0.2) is 0 Å². The van der Waals surface area contributed by atoms with Crippen LogP contribution in [-0.4, -0.2) is 12.2 Å². The van der Waals surface area contributed by atoms with E-state index in [4.69, 9.17) is 4.74 Å². The van der Waals surface area contributed by atoms with Crippen LogP contribution in [0.1, 0.15) is 88.5 Å². The zero-order valence-electron chi connectivity index (χ0n) is 18.2. The smallest absolute Gasteiger partial charge is 0.0732 e. The van der Waals surface area contributed by atoms with Gasteiger partial charge in [-0.25, -0.2) is 0 Å². The minimum atomic E-state index is 0.203. The van der Waals surface area contributed by atoms with Crippen LogP contribution in [0.25, 0.3) is 0 Å². The van der Waals surface area contributed by atoms with Crippen molar-refractivity contribution < 1.29 is 4.74 Å². The second-order valence-corrected chi connectivity index (χ2v) is 11.1. The first kappa shape index (κ1) is 20.3. The van der Waals surface area contributed by atoms with Gasteiger partial charge in [-0.2, -0.15) is 0 Å². The second-order valence-electron chi connectivity index (χ2n) is 11.1. The number of rotatable bonds is 0. The van der Waals surface area contributed by atoms with Gasteiger partial charge < -0.3 is 4.74 Å². The summed E-state index contributed by atoms with van der Waals surface area (Å²) in [4.78, 5) is 0. The van der Waals surface area contributed by atoms with E-state index >= 15 is 0 Å². The van der Waals surface area contributed by atoms with Gasteiger partial charge in [0.15, 0.2) is 0 Å². The Hall–Kier alpha value is -0.0400. The quantitative estimate of drug-likeness (QED) is 0.472. The minimum absolute atomic E-state index is 0.203. The molecular formula is C23H44O. The largest absolute Gasteiger partial charge is 0.374 e. The van der Waals surface area contributed by atoms with Crippen molar-refractivity contribution >= 4 is 0 Å². The first-order valence-corrected chi connectivity index (χ1v) is 10.5. The monoisotopic (exact) mass is 336 g/mol. The summed E-state index contributed by atoms with van der Waals surface area (Å²) in [5, 5.41) is 0. The Morgan fingerprint density at radius 3 is 1.79 bits per heavy atom. The van der Waals surface area contributed by atoms with Crippen LogP contribution in [0.2, 0.25) is 0 Å². The van der Waals surface area contributed by atoms with E-state index in [0.29, 0.717) is 16.7 Å². The number of hydrogen-bond acceptors (Lipinski definition) is 1. The van der Waals surface area contributed by atoms with Crippen LogP contribution in [0.4, 0.5) is 0 Å². The molecule has 2 saturated carbocycles. The molecule has 2 aliphatic carbocycles. The highest BCUT2D eigenvalue weighted by Crippen LogP contribution is 2.56. The lowest BCUT2D eigenvalue weighted by atomic mass is 9.53. The molecule has 1 nitrogen and oxygen atoms in total. The van der Waals surface area contributed by atoms with Crippen molar-refractivity contribution in [1.29, 1.82) is 0 Å². The van der Waals surface area contributed by atoms with Gasteiger partial charge in [-0.1, -0.05) is 62.3 Å². The SMILES string of the molecule is CC1C(C)C2(C)OCC2CC1(C)C.CC1CCC(C)(C)C(C)C1C. The highest BCUT2D eigenvalue weighted by molar-refractivity contribution is 5.05. The maximum atomic E-state index is 5.80. The Morgan fingerprint density at radius 2 is 1.33 bits per heavy atom. The maximum absolute atomic E-state index is 5.80. The summed E-state index contributed by atoms with van der Waals surface area (Å²) in [7, 11) is 0. The molecule has 1 heterocycles. The third-order valence-electron chi connectivity index (χ3n) is 9.23. The van der Waals surface area contributed by atoms with Gasteiger partial charge in [-0.15, -0.1) is 0 Å². The molecule has 0 radical (unpaired) electrons. The summed E-state index contributed by atoms with van der Waals surface area (Å²) >= 11 is 0. The van der Waals surface area contributed by atoms with E-state index in [0.717, 1.165) is 36.2 Å². The fraction of sp³-hybridized carbons (Fsp3) is 1.00. The van der Waals surface area contributed by atoms with E-state index in [-0.39, 0.29) is 5.60 Å². The zero-order chi connectivity index (χ0) is 18.5. The standard InChI is InChI=1S/C12H22O.C11H22/c1-8-9(2)12(5)10(7-13-12)6-11(8,3)4;1-8-6-7-11(4,5)10(3)9(8)2/h8-10H,6-7H2,1-5H3;8-10H,6-7H2,1-5H3. The molecule has 3 aliphatic rings. The summed E-state index contributed by atoms with van der Waals surface area (Å²) in [6, 6.07) is 0. The molecule has 0 spiro atoms. The van der Waals surface area contributed by atoms with Crippen LogP contribution >= 0.6 is 0 Å². The van der Waals surface area contributed by atoms with Gasteiger partial charge in [0.1, 0.15) is 0 Å². The van der Waals surface area contributed by atoms with Crippen molar-refractivity contribution in [3.05, 3.63) is 0 Å². The Bertz CT molecular complexity index is 437. The Morgan fingerprint density at radius 1 is 0.750 bits per heavy atom. The first-order chi connectivity index (χ1) is 10.8. The first-order valence-electron chi connectivity index (χ1n) is 10.5. The van der Waals surface area contributed by atoms with Crippen molar-refractivity contribution in [1.82, 2.24) is 0 Å². The topological polar surface area (TPSA) is 9.23 Å². The summed E-state index contributed by atoms with van der Waals surface area (Å²) in [6.07, 6.45) is 4.19. The fourth-order valence-corrected chi connectivity index (χ4v) is 5.52. The van der Waals surface area contributed by atoms with E-state index in [1.165, 1.54) is 19.3 Å². The highest BCUT2D eigenvalue weighted by Gasteiger charge is 2.57. The third kappa shape index (κ3) is 3.44. The van der Waals surface area contributed by atoms with Gasteiger partial charge in [0.2, 0.25) is 0 Å². The average molecular weight is 337 g/mol. The molecule has 0 aromatic heterocycles. The van der Waals surface area contributed by atoms with Crippen molar-refractivity contribution in [3.8, 4) is 0 Å². The predicted molar refractivity (Wildman–Crippen MR) is 105 cm³/mol. The van der Waals surface area contributed by atoms with E-state index in [9.17, 15) is 0 Å². The molecular weight excluding hydrogens is 292 g/mol. The lowest BCUT2D eigenvalue weighted by Gasteiger charge is -2.61. The van der Waals surface area contributed by atoms with Gasteiger partial charge in [0.05, 0.1) is 12.2 Å². The molecule has 0 N–H and O–H groups in total. The molecule has 1 heteroatoms. The van der Waals surface area contributed by atoms with Crippen molar-refractivity contribution in [2.45, 2.75) is 94.1 Å². The van der Waals surface area contributed by atoms with Crippen molar-refractivity contribution in [3.63, 3.8) is 0 Å². The molecule has 0 bridgehead atoms. The number of ether oxygens (including phenoxy) is 1. The molecule has 0 amide bonds. The van der Waals surface area contributed by atoms with Gasteiger partial charge >= 0.3 is 0 Å². The summed E-state index contributed by atoms with van der Waals surface area (Å²) in [5.74, 6) is 5.04. The lowest BCUT2D eigenvalue weighted by molar-refractivity contribution is -0.267. The molecule has 142 valence electrons. The molecule has 7 unspecified atom stereocenters. The van der Waals surface area contributed by atoms with Crippen LogP contribution in [0, 0.1) is 46.3 Å². The molecule has 24 heavy (non-hydrogen) atoms. The van der Waals surface area contributed by atoms with E-state index in [2.05, 4.69) is 69.2 Å². The predicted octanol–water partition coefficient (Wildman–Crippen LogP) is 6.81. The maximum Gasteiger partial charge on any atom is 0.0732 e. The van der Waals surface area contributed by atoms with Crippen molar-refractivity contribution in [2.24, 2.45) is 46.3 Å².